The Morgan fingerprint density at radius 2 is 1.92 bits per heavy atom. The van der Waals surface area contributed by atoms with Crippen LogP contribution in [0.3, 0.4) is 0 Å². The number of hydrogen-bond donors (Lipinski definition) is 0. The van der Waals surface area contributed by atoms with E-state index in [0.717, 1.165) is 5.56 Å². The second-order valence-electron chi connectivity index (χ2n) is 3.62. The van der Waals surface area contributed by atoms with E-state index >= 15 is 0 Å². The van der Waals surface area contributed by atoms with Crippen LogP contribution in [0.2, 0.25) is 0 Å². The minimum atomic E-state index is -0.220. The van der Waals surface area contributed by atoms with Crippen molar-refractivity contribution in [2.75, 3.05) is 0 Å². The molecular formula is C11H11FO. The molecule has 0 saturated heterocycles. The Morgan fingerprint density at radius 3 is 2.38 bits per heavy atom. The van der Waals surface area contributed by atoms with E-state index in [0.29, 0.717) is 18.1 Å². The van der Waals surface area contributed by atoms with Gasteiger partial charge in [0.15, 0.2) is 0 Å². The summed E-state index contributed by atoms with van der Waals surface area (Å²) in [6.07, 6.45) is 0.618. The lowest BCUT2D eigenvalue weighted by atomic mass is 9.70. The molecule has 1 aliphatic rings. The zero-order valence-electron chi connectivity index (χ0n) is 7.46. The van der Waals surface area contributed by atoms with Gasteiger partial charge in [-0.25, -0.2) is 4.39 Å². The van der Waals surface area contributed by atoms with Gasteiger partial charge in [0.25, 0.3) is 0 Å². The topological polar surface area (TPSA) is 17.1 Å². The van der Waals surface area contributed by atoms with Crippen LogP contribution in [-0.4, -0.2) is 5.78 Å². The molecule has 1 aromatic carbocycles. The molecular weight excluding hydrogens is 167 g/mol. The van der Waals surface area contributed by atoms with Crippen LogP contribution >= 0.6 is 0 Å². The molecule has 0 aromatic heterocycles. The summed E-state index contributed by atoms with van der Waals surface area (Å²) in [7, 11) is 0. The molecule has 0 radical (unpaired) electrons. The van der Waals surface area contributed by atoms with Crippen LogP contribution in [0.4, 0.5) is 4.39 Å². The number of hydrogen-bond acceptors (Lipinski definition) is 1. The Bertz CT molecular complexity index is 328. The maximum atomic E-state index is 12.6. The van der Waals surface area contributed by atoms with Gasteiger partial charge in [0.1, 0.15) is 11.6 Å². The van der Waals surface area contributed by atoms with Gasteiger partial charge in [-0.15, -0.1) is 0 Å². The molecule has 13 heavy (non-hydrogen) atoms. The first-order valence-corrected chi connectivity index (χ1v) is 4.46. The molecule has 0 amide bonds. The van der Waals surface area contributed by atoms with E-state index in [1.807, 2.05) is 6.92 Å². The van der Waals surface area contributed by atoms with Gasteiger partial charge in [0.05, 0.1) is 0 Å². The maximum Gasteiger partial charge on any atom is 0.136 e. The minimum absolute atomic E-state index is 0.116. The average Bonchev–Trinajstić information content (AvgIpc) is 2.15. The van der Waals surface area contributed by atoms with Gasteiger partial charge in [0.2, 0.25) is 0 Å². The van der Waals surface area contributed by atoms with E-state index in [2.05, 4.69) is 0 Å². The third-order valence-electron chi connectivity index (χ3n) is 2.83. The first-order chi connectivity index (χ1) is 6.18. The molecule has 1 nitrogen and oxygen atoms in total. The van der Waals surface area contributed by atoms with Gasteiger partial charge in [-0.2, -0.15) is 0 Å². The fourth-order valence-electron chi connectivity index (χ4n) is 1.76. The molecule has 1 aromatic rings. The number of carbonyl (C=O) groups excluding carboxylic acids is 1. The number of Topliss-reactive ketones (excluding diaryl/α,β-unsaturated/α-hetero) is 1. The molecule has 0 bridgehead atoms. The molecule has 1 fully saturated rings. The van der Waals surface area contributed by atoms with Gasteiger partial charge in [-0.05, 0) is 17.7 Å². The molecule has 68 valence electrons. The van der Waals surface area contributed by atoms with Crippen molar-refractivity contribution >= 4 is 5.78 Å². The lowest BCUT2D eigenvalue weighted by molar-refractivity contribution is -0.130. The predicted molar refractivity (Wildman–Crippen MR) is 47.9 cm³/mol. The molecule has 0 aliphatic heterocycles. The normalized spacial score (nSPS) is 27.1. The highest BCUT2D eigenvalue weighted by Gasteiger charge is 2.36. The SMILES string of the molecule is CC1C(=O)CC1c1ccc(F)cc1. The Balaban J connectivity index is 2.18. The van der Waals surface area contributed by atoms with Crippen LogP contribution in [0.25, 0.3) is 0 Å². The molecule has 2 rings (SSSR count). The van der Waals surface area contributed by atoms with Crippen LogP contribution < -0.4 is 0 Å². The molecule has 1 saturated carbocycles. The zero-order valence-corrected chi connectivity index (χ0v) is 7.46. The Hall–Kier alpha value is -1.18. The van der Waals surface area contributed by atoms with Crippen LogP contribution in [-0.2, 0) is 4.79 Å². The van der Waals surface area contributed by atoms with E-state index in [1.54, 1.807) is 12.1 Å². The lowest BCUT2D eigenvalue weighted by Gasteiger charge is -2.32. The number of ketones is 1. The van der Waals surface area contributed by atoms with Crippen molar-refractivity contribution in [3.8, 4) is 0 Å². The Morgan fingerprint density at radius 1 is 1.31 bits per heavy atom. The van der Waals surface area contributed by atoms with Crippen molar-refractivity contribution in [2.45, 2.75) is 19.3 Å². The summed E-state index contributed by atoms with van der Waals surface area (Å²) in [6, 6.07) is 6.43. The zero-order chi connectivity index (χ0) is 9.42. The highest BCUT2D eigenvalue weighted by Crippen LogP contribution is 2.38. The second kappa shape index (κ2) is 2.95. The highest BCUT2D eigenvalue weighted by molar-refractivity contribution is 5.88. The van der Waals surface area contributed by atoms with Crippen molar-refractivity contribution in [3.63, 3.8) is 0 Å². The van der Waals surface area contributed by atoms with Crippen molar-refractivity contribution < 1.29 is 9.18 Å². The van der Waals surface area contributed by atoms with E-state index in [-0.39, 0.29) is 11.7 Å². The van der Waals surface area contributed by atoms with Gasteiger partial charge < -0.3 is 0 Å². The van der Waals surface area contributed by atoms with Crippen molar-refractivity contribution in [3.05, 3.63) is 35.6 Å². The third-order valence-corrected chi connectivity index (χ3v) is 2.83. The molecule has 0 N–H and O–H groups in total. The van der Waals surface area contributed by atoms with E-state index in [1.165, 1.54) is 12.1 Å². The van der Waals surface area contributed by atoms with Gasteiger partial charge in [0, 0.05) is 18.3 Å². The number of carbonyl (C=O) groups is 1. The lowest BCUT2D eigenvalue weighted by Crippen LogP contribution is -2.32. The molecule has 2 unspecified atom stereocenters. The fraction of sp³-hybridized carbons (Fsp3) is 0.364. The quantitative estimate of drug-likeness (QED) is 0.645. The first kappa shape index (κ1) is 8.42. The largest absolute Gasteiger partial charge is 0.299 e. The number of rotatable bonds is 1. The smallest absolute Gasteiger partial charge is 0.136 e. The summed E-state index contributed by atoms with van der Waals surface area (Å²) >= 11 is 0. The van der Waals surface area contributed by atoms with Gasteiger partial charge in [-0.3, -0.25) is 4.79 Å². The van der Waals surface area contributed by atoms with Crippen molar-refractivity contribution in [2.24, 2.45) is 5.92 Å². The first-order valence-electron chi connectivity index (χ1n) is 4.46. The van der Waals surface area contributed by atoms with Gasteiger partial charge >= 0.3 is 0 Å². The third kappa shape index (κ3) is 1.37. The maximum absolute atomic E-state index is 12.6. The van der Waals surface area contributed by atoms with Crippen LogP contribution in [0.1, 0.15) is 24.8 Å². The highest BCUT2D eigenvalue weighted by atomic mass is 19.1. The van der Waals surface area contributed by atoms with E-state index in [4.69, 9.17) is 0 Å². The molecule has 0 spiro atoms. The fourth-order valence-corrected chi connectivity index (χ4v) is 1.76. The molecule has 0 heterocycles. The van der Waals surface area contributed by atoms with Crippen LogP contribution in [0.5, 0.6) is 0 Å². The summed E-state index contributed by atoms with van der Waals surface area (Å²) in [5.41, 5.74) is 1.08. The Labute approximate surface area is 76.6 Å². The summed E-state index contributed by atoms with van der Waals surface area (Å²) in [5, 5.41) is 0. The molecule has 2 atom stereocenters. The van der Waals surface area contributed by atoms with Crippen molar-refractivity contribution in [1.82, 2.24) is 0 Å². The van der Waals surface area contributed by atoms with E-state index in [9.17, 15) is 9.18 Å². The average molecular weight is 178 g/mol. The Kier molecular flexibility index (Phi) is 1.91. The predicted octanol–water partition coefficient (Wildman–Crippen LogP) is 2.52. The molecule has 1 aliphatic carbocycles. The van der Waals surface area contributed by atoms with Crippen LogP contribution in [0, 0.1) is 11.7 Å². The van der Waals surface area contributed by atoms with Crippen LogP contribution in [0.15, 0.2) is 24.3 Å². The van der Waals surface area contributed by atoms with Crippen molar-refractivity contribution in [1.29, 1.82) is 0 Å². The summed E-state index contributed by atoms with van der Waals surface area (Å²) in [5.74, 6) is 0.523. The second-order valence-corrected chi connectivity index (χ2v) is 3.62. The summed E-state index contributed by atoms with van der Waals surface area (Å²) in [4.78, 5) is 11.0. The molecule has 2 heteroatoms. The monoisotopic (exact) mass is 178 g/mol. The number of benzene rings is 1. The standard InChI is InChI=1S/C11H11FO/c1-7-10(6-11(7)13)8-2-4-9(12)5-3-8/h2-5,7,10H,6H2,1H3. The summed E-state index contributed by atoms with van der Waals surface area (Å²) < 4.78 is 12.6. The number of halogens is 1. The minimum Gasteiger partial charge on any atom is -0.299 e. The van der Waals surface area contributed by atoms with Gasteiger partial charge in [-0.1, -0.05) is 19.1 Å². The van der Waals surface area contributed by atoms with E-state index < -0.39 is 0 Å². The summed E-state index contributed by atoms with van der Waals surface area (Å²) in [6.45, 7) is 1.93.